The van der Waals surface area contributed by atoms with Crippen molar-refractivity contribution in [2.24, 2.45) is 5.10 Å². The van der Waals surface area contributed by atoms with Crippen LogP contribution in [-0.4, -0.2) is 16.2 Å². The number of benzene rings is 1. The average Bonchev–Trinajstić information content (AvgIpc) is 3.01. The van der Waals surface area contributed by atoms with Crippen LogP contribution in [0, 0.1) is 0 Å². The zero-order chi connectivity index (χ0) is 18.1. The summed E-state index contributed by atoms with van der Waals surface area (Å²) in [6.45, 7) is 0. The largest absolute Gasteiger partial charge is 0.417 e. The van der Waals surface area contributed by atoms with E-state index in [0.717, 1.165) is 35.5 Å². The average molecular weight is 376 g/mol. The van der Waals surface area contributed by atoms with Gasteiger partial charge in [0.25, 0.3) is 0 Å². The summed E-state index contributed by atoms with van der Waals surface area (Å²) in [6.07, 6.45) is 2.51. The molecule has 4 nitrogen and oxygen atoms in total. The lowest BCUT2D eigenvalue weighted by Crippen LogP contribution is -2.09. The maximum atomic E-state index is 13.1. The van der Waals surface area contributed by atoms with Crippen LogP contribution < -0.4 is 5.43 Å². The second-order valence-corrected chi connectivity index (χ2v) is 7.15. The molecule has 0 amide bonds. The van der Waals surface area contributed by atoms with Crippen molar-refractivity contribution in [3.05, 3.63) is 52.2 Å². The van der Waals surface area contributed by atoms with E-state index in [2.05, 4.69) is 20.5 Å². The summed E-state index contributed by atoms with van der Waals surface area (Å²) in [5.74, 6) is 0.537. The van der Waals surface area contributed by atoms with Gasteiger partial charge in [-0.15, -0.1) is 11.3 Å². The number of nitrogens with one attached hydrogen (secondary N) is 1. The number of rotatable bonds is 3. The van der Waals surface area contributed by atoms with Gasteiger partial charge in [-0.2, -0.15) is 18.3 Å². The van der Waals surface area contributed by atoms with E-state index in [-0.39, 0.29) is 5.56 Å². The fourth-order valence-electron chi connectivity index (χ4n) is 3.21. The molecular formula is C18H15F3N4S. The first-order valence-corrected chi connectivity index (χ1v) is 9.06. The van der Waals surface area contributed by atoms with E-state index in [1.165, 1.54) is 41.5 Å². The van der Waals surface area contributed by atoms with Crippen LogP contribution in [0.3, 0.4) is 0 Å². The minimum Gasteiger partial charge on any atom is -0.261 e. The number of anilines is 1. The molecule has 3 aromatic rings. The summed E-state index contributed by atoms with van der Waals surface area (Å²) in [5, 5.41) is 4.94. The van der Waals surface area contributed by atoms with Crippen LogP contribution in [0.5, 0.6) is 0 Å². The molecule has 0 bridgehead atoms. The zero-order valence-electron chi connectivity index (χ0n) is 13.7. The second kappa shape index (κ2) is 6.68. The summed E-state index contributed by atoms with van der Waals surface area (Å²) in [4.78, 5) is 10.8. The van der Waals surface area contributed by atoms with Gasteiger partial charge in [0, 0.05) is 10.4 Å². The molecule has 2 heterocycles. The van der Waals surface area contributed by atoms with E-state index in [4.69, 9.17) is 0 Å². The number of hydrogen-bond acceptors (Lipinski definition) is 5. The Labute approximate surface area is 151 Å². The van der Waals surface area contributed by atoms with E-state index in [1.54, 1.807) is 17.4 Å². The first kappa shape index (κ1) is 17.0. The lowest BCUT2D eigenvalue weighted by molar-refractivity contribution is -0.137. The van der Waals surface area contributed by atoms with E-state index < -0.39 is 11.7 Å². The topological polar surface area (TPSA) is 50.2 Å². The predicted molar refractivity (Wildman–Crippen MR) is 96.7 cm³/mol. The van der Waals surface area contributed by atoms with Gasteiger partial charge in [-0.25, -0.2) is 9.97 Å². The van der Waals surface area contributed by atoms with Crippen molar-refractivity contribution >= 4 is 33.6 Å². The Morgan fingerprint density at radius 3 is 2.77 bits per heavy atom. The molecule has 1 aromatic carbocycles. The summed E-state index contributed by atoms with van der Waals surface area (Å²) in [5.41, 5.74) is 3.34. The van der Waals surface area contributed by atoms with Crippen molar-refractivity contribution in [2.75, 3.05) is 5.43 Å². The number of hydrogen-bond donors (Lipinski definition) is 1. The highest BCUT2D eigenvalue weighted by atomic mass is 32.1. The first-order valence-electron chi connectivity index (χ1n) is 8.24. The number of nitrogens with zero attached hydrogens (tertiary/aromatic N) is 3. The molecule has 1 N–H and O–H groups in total. The SMILES string of the molecule is FC(F)(F)c1ccccc1C=NNc1ncnc2sc3c(c12)CCCC3. The third-order valence-electron chi connectivity index (χ3n) is 4.39. The Morgan fingerprint density at radius 1 is 1.12 bits per heavy atom. The number of fused-ring (bicyclic) bond motifs is 3. The normalized spacial score (nSPS) is 14.7. The highest BCUT2D eigenvalue weighted by Crippen LogP contribution is 2.38. The van der Waals surface area contributed by atoms with Crippen LogP contribution in [0.4, 0.5) is 19.0 Å². The van der Waals surface area contributed by atoms with E-state index in [1.807, 2.05) is 0 Å². The monoisotopic (exact) mass is 376 g/mol. The van der Waals surface area contributed by atoms with Gasteiger partial charge in [0.1, 0.15) is 11.2 Å². The van der Waals surface area contributed by atoms with Crippen molar-refractivity contribution in [3.63, 3.8) is 0 Å². The van der Waals surface area contributed by atoms with Gasteiger partial charge < -0.3 is 0 Å². The molecule has 0 radical (unpaired) electrons. The molecular weight excluding hydrogens is 361 g/mol. The van der Waals surface area contributed by atoms with Gasteiger partial charge in [0.2, 0.25) is 0 Å². The van der Waals surface area contributed by atoms with Crippen LogP contribution in [0.25, 0.3) is 10.2 Å². The maximum Gasteiger partial charge on any atom is 0.417 e. The van der Waals surface area contributed by atoms with Gasteiger partial charge in [-0.05, 0) is 37.3 Å². The maximum absolute atomic E-state index is 13.1. The molecule has 0 fully saturated rings. The zero-order valence-corrected chi connectivity index (χ0v) is 14.5. The molecule has 0 spiro atoms. The molecule has 1 aliphatic rings. The Morgan fingerprint density at radius 2 is 1.92 bits per heavy atom. The van der Waals surface area contributed by atoms with E-state index in [9.17, 15) is 13.2 Å². The molecule has 2 aromatic heterocycles. The first-order chi connectivity index (χ1) is 12.5. The summed E-state index contributed by atoms with van der Waals surface area (Å²) in [7, 11) is 0. The minimum atomic E-state index is -4.42. The molecule has 134 valence electrons. The Hall–Kier alpha value is -2.48. The molecule has 26 heavy (non-hydrogen) atoms. The number of halogens is 3. The number of alkyl halides is 3. The van der Waals surface area contributed by atoms with Crippen LogP contribution >= 0.6 is 11.3 Å². The van der Waals surface area contributed by atoms with Crippen LogP contribution in [-0.2, 0) is 19.0 Å². The number of aryl methyl sites for hydroxylation is 2. The van der Waals surface area contributed by atoms with Crippen molar-refractivity contribution in [1.82, 2.24) is 9.97 Å². The van der Waals surface area contributed by atoms with Crippen LogP contribution in [0.1, 0.15) is 34.4 Å². The fraction of sp³-hybridized carbons (Fsp3) is 0.278. The summed E-state index contributed by atoms with van der Waals surface area (Å²) in [6, 6.07) is 5.34. The van der Waals surface area contributed by atoms with E-state index >= 15 is 0 Å². The predicted octanol–water partition coefficient (Wildman–Crippen LogP) is 5.03. The third-order valence-corrected chi connectivity index (χ3v) is 5.59. The molecule has 0 aliphatic heterocycles. The Bertz CT molecular complexity index is 978. The van der Waals surface area contributed by atoms with Crippen molar-refractivity contribution in [2.45, 2.75) is 31.9 Å². The highest BCUT2D eigenvalue weighted by Gasteiger charge is 2.32. The Balaban J connectivity index is 1.65. The molecule has 8 heteroatoms. The van der Waals surface area contributed by atoms with Crippen molar-refractivity contribution in [3.8, 4) is 0 Å². The number of thiophene rings is 1. The van der Waals surface area contributed by atoms with Crippen LogP contribution in [0.2, 0.25) is 0 Å². The van der Waals surface area contributed by atoms with Gasteiger partial charge >= 0.3 is 6.18 Å². The second-order valence-electron chi connectivity index (χ2n) is 6.07. The molecule has 0 atom stereocenters. The summed E-state index contributed by atoms with van der Waals surface area (Å²) < 4.78 is 39.2. The molecule has 4 rings (SSSR count). The molecule has 0 saturated carbocycles. The molecule has 0 unspecified atom stereocenters. The standard InChI is InChI=1S/C18H15F3N4S/c19-18(20,21)13-7-3-1-5-11(13)9-24-25-16-15-12-6-2-4-8-14(12)26-17(15)23-10-22-16/h1,3,5,7,9-10H,2,4,6,8H2,(H,22,23,25). The Kier molecular flexibility index (Phi) is 4.36. The van der Waals surface area contributed by atoms with Gasteiger partial charge in [-0.1, -0.05) is 18.2 Å². The van der Waals surface area contributed by atoms with Gasteiger partial charge in [-0.3, -0.25) is 5.43 Å². The van der Waals surface area contributed by atoms with E-state index in [0.29, 0.717) is 5.82 Å². The molecule has 1 aliphatic carbocycles. The third kappa shape index (κ3) is 3.16. The lowest BCUT2D eigenvalue weighted by atomic mass is 9.97. The summed E-state index contributed by atoms with van der Waals surface area (Å²) >= 11 is 1.66. The minimum absolute atomic E-state index is 0.00477. The van der Waals surface area contributed by atoms with Crippen LogP contribution in [0.15, 0.2) is 35.7 Å². The number of aromatic nitrogens is 2. The van der Waals surface area contributed by atoms with Crippen molar-refractivity contribution < 1.29 is 13.2 Å². The van der Waals surface area contributed by atoms with Gasteiger partial charge in [0.15, 0.2) is 5.82 Å². The molecule has 0 saturated heterocycles. The lowest BCUT2D eigenvalue weighted by Gasteiger charge is -2.11. The number of hydrazone groups is 1. The highest BCUT2D eigenvalue weighted by molar-refractivity contribution is 7.19. The van der Waals surface area contributed by atoms with Gasteiger partial charge in [0.05, 0.1) is 17.2 Å². The smallest absolute Gasteiger partial charge is 0.261 e. The quantitative estimate of drug-likeness (QED) is 0.515. The fourth-order valence-corrected chi connectivity index (χ4v) is 4.43. The van der Waals surface area contributed by atoms with Crippen molar-refractivity contribution in [1.29, 1.82) is 0 Å².